The highest BCUT2D eigenvalue weighted by Crippen LogP contribution is 2.46. The molecule has 17 heavy (non-hydrogen) atoms. The molecule has 0 atom stereocenters. The number of furan rings is 1. The lowest BCUT2D eigenvalue weighted by molar-refractivity contribution is -0.144. The van der Waals surface area contributed by atoms with E-state index in [0.29, 0.717) is 25.3 Å². The van der Waals surface area contributed by atoms with Gasteiger partial charge in [0.2, 0.25) is 5.91 Å². The predicted octanol–water partition coefficient (Wildman–Crippen LogP) is 2.18. The van der Waals surface area contributed by atoms with E-state index in [-0.39, 0.29) is 5.91 Å². The van der Waals surface area contributed by atoms with Crippen molar-refractivity contribution >= 4 is 5.91 Å². The maximum absolute atomic E-state index is 12.2. The summed E-state index contributed by atoms with van der Waals surface area (Å²) in [5, 5.41) is 9.18. The van der Waals surface area contributed by atoms with Crippen LogP contribution in [0.1, 0.15) is 25.3 Å². The Hall–Kier alpha value is -1.76. The Balaban J connectivity index is 2.02. The second-order valence-corrected chi connectivity index (χ2v) is 5.00. The largest absolute Gasteiger partial charge is 0.472 e. The van der Waals surface area contributed by atoms with E-state index in [1.54, 1.807) is 24.5 Å². The molecule has 0 radical (unpaired) electrons. The van der Waals surface area contributed by atoms with Crippen molar-refractivity contribution in [2.75, 3.05) is 7.05 Å². The van der Waals surface area contributed by atoms with Gasteiger partial charge in [0.1, 0.15) is 5.41 Å². The first-order chi connectivity index (χ1) is 8.07. The molecule has 1 fully saturated rings. The van der Waals surface area contributed by atoms with Gasteiger partial charge in [-0.3, -0.25) is 4.79 Å². The number of nitriles is 1. The maximum atomic E-state index is 12.2. The lowest BCUT2D eigenvalue weighted by atomic mass is 9.63. The Kier molecular flexibility index (Phi) is 2.93. The molecule has 1 amide bonds. The molecule has 1 aliphatic rings. The van der Waals surface area contributed by atoms with Gasteiger partial charge in [-0.1, -0.05) is 6.92 Å². The zero-order valence-electron chi connectivity index (χ0n) is 10.1. The van der Waals surface area contributed by atoms with Crippen LogP contribution < -0.4 is 0 Å². The van der Waals surface area contributed by atoms with Gasteiger partial charge in [-0.2, -0.15) is 5.26 Å². The average molecular weight is 232 g/mol. The zero-order chi connectivity index (χ0) is 12.5. The smallest absolute Gasteiger partial charge is 0.243 e. The molecule has 0 saturated heterocycles. The third-order valence-corrected chi connectivity index (χ3v) is 3.36. The van der Waals surface area contributed by atoms with Crippen molar-refractivity contribution in [3.05, 3.63) is 24.2 Å². The average Bonchev–Trinajstić information content (AvgIpc) is 2.76. The van der Waals surface area contributed by atoms with E-state index in [0.717, 1.165) is 5.56 Å². The number of carbonyl (C=O) groups is 1. The van der Waals surface area contributed by atoms with E-state index in [1.165, 1.54) is 0 Å². The summed E-state index contributed by atoms with van der Waals surface area (Å²) in [6.07, 6.45) is 4.56. The number of carbonyl (C=O) groups excluding carboxylic acids is 1. The zero-order valence-corrected chi connectivity index (χ0v) is 10.1. The van der Waals surface area contributed by atoms with E-state index in [2.05, 4.69) is 13.0 Å². The van der Waals surface area contributed by atoms with E-state index >= 15 is 0 Å². The normalized spacial score (nSPS) is 27.0. The molecular formula is C13H16N2O2. The predicted molar refractivity (Wildman–Crippen MR) is 61.6 cm³/mol. The van der Waals surface area contributed by atoms with Gasteiger partial charge < -0.3 is 9.32 Å². The van der Waals surface area contributed by atoms with Gasteiger partial charge in [-0.05, 0) is 24.8 Å². The fraction of sp³-hybridized carbons (Fsp3) is 0.538. The van der Waals surface area contributed by atoms with Crippen LogP contribution in [0.3, 0.4) is 0 Å². The summed E-state index contributed by atoms with van der Waals surface area (Å²) in [5.41, 5.74) is 0.166. The molecule has 0 N–H and O–H groups in total. The standard InChI is InChI=1S/C13H16N2O2/c1-10-5-13(6-10,9-14)12(16)15(2)7-11-3-4-17-8-11/h3-4,8,10H,5-7H2,1-2H3. The van der Waals surface area contributed by atoms with E-state index in [1.807, 2.05) is 6.07 Å². The van der Waals surface area contributed by atoms with Gasteiger partial charge in [-0.15, -0.1) is 0 Å². The van der Waals surface area contributed by atoms with Crippen molar-refractivity contribution in [2.45, 2.75) is 26.3 Å². The molecule has 0 spiro atoms. The molecule has 0 unspecified atom stereocenters. The summed E-state index contributed by atoms with van der Waals surface area (Å²) in [4.78, 5) is 13.8. The first-order valence-electron chi connectivity index (χ1n) is 5.75. The van der Waals surface area contributed by atoms with Crippen LogP contribution >= 0.6 is 0 Å². The summed E-state index contributed by atoms with van der Waals surface area (Å²) in [6.45, 7) is 2.56. The minimum atomic E-state index is -0.780. The van der Waals surface area contributed by atoms with Crippen molar-refractivity contribution < 1.29 is 9.21 Å². The maximum Gasteiger partial charge on any atom is 0.243 e. The monoisotopic (exact) mass is 232 g/mol. The molecule has 1 aromatic heterocycles. The number of rotatable bonds is 3. The van der Waals surface area contributed by atoms with Crippen molar-refractivity contribution in [1.29, 1.82) is 5.26 Å². The van der Waals surface area contributed by atoms with Crippen LogP contribution in [0.25, 0.3) is 0 Å². The molecular weight excluding hydrogens is 216 g/mol. The molecule has 1 aromatic rings. The summed E-state index contributed by atoms with van der Waals surface area (Å²) in [5.74, 6) is 0.403. The van der Waals surface area contributed by atoms with Crippen molar-refractivity contribution in [3.63, 3.8) is 0 Å². The molecule has 2 rings (SSSR count). The van der Waals surface area contributed by atoms with Gasteiger partial charge >= 0.3 is 0 Å². The Bertz CT molecular complexity index is 438. The van der Waals surface area contributed by atoms with E-state index < -0.39 is 5.41 Å². The van der Waals surface area contributed by atoms with Crippen LogP contribution in [0.4, 0.5) is 0 Å². The molecule has 1 heterocycles. The number of hydrogen-bond donors (Lipinski definition) is 0. The third-order valence-electron chi connectivity index (χ3n) is 3.36. The van der Waals surface area contributed by atoms with Crippen LogP contribution in [0.5, 0.6) is 0 Å². The summed E-state index contributed by atoms with van der Waals surface area (Å²) in [6, 6.07) is 4.02. The van der Waals surface area contributed by atoms with Gasteiger partial charge in [0, 0.05) is 19.2 Å². The molecule has 4 heteroatoms. The van der Waals surface area contributed by atoms with Gasteiger partial charge in [0.25, 0.3) is 0 Å². The van der Waals surface area contributed by atoms with Crippen molar-refractivity contribution in [3.8, 4) is 6.07 Å². The van der Waals surface area contributed by atoms with Crippen LogP contribution in [0, 0.1) is 22.7 Å². The van der Waals surface area contributed by atoms with Crippen LogP contribution in [-0.2, 0) is 11.3 Å². The number of hydrogen-bond acceptors (Lipinski definition) is 3. The summed E-state index contributed by atoms with van der Waals surface area (Å²) < 4.78 is 4.96. The highest BCUT2D eigenvalue weighted by molar-refractivity contribution is 5.86. The van der Waals surface area contributed by atoms with Crippen molar-refractivity contribution in [1.82, 2.24) is 4.90 Å². The Labute approximate surface area is 101 Å². The lowest BCUT2D eigenvalue weighted by Crippen LogP contribution is -2.48. The third kappa shape index (κ3) is 2.05. The van der Waals surface area contributed by atoms with Crippen LogP contribution in [-0.4, -0.2) is 17.9 Å². The molecule has 0 bridgehead atoms. The first kappa shape index (κ1) is 11.7. The second kappa shape index (κ2) is 4.25. The minimum absolute atomic E-state index is 0.0701. The second-order valence-electron chi connectivity index (χ2n) is 5.00. The van der Waals surface area contributed by atoms with Crippen LogP contribution in [0.15, 0.2) is 23.0 Å². The molecule has 1 saturated carbocycles. The van der Waals surface area contributed by atoms with Crippen molar-refractivity contribution in [2.24, 2.45) is 11.3 Å². The SMILES string of the molecule is CC1CC(C#N)(C(=O)N(C)Cc2ccoc2)C1. The van der Waals surface area contributed by atoms with Gasteiger partial charge in [0.15, 0.2) is 0 Å². The lowest BCUT2D eigenvalue weighted by Gasteiger charge is -2.41. The quantitative estimate of drug-likeness (QED) is 0.802. The first-order valence-corrected chi connectivity index (χ1v) is 5.75. The van der Waals surface area contributed by atoms with Gasteiger partial charge in [-0.25, -0.2) is 0 Å². The topological polar surface area (TPSA) is 57.2 Å². The molecule has 90 valence electrons. The highest BCUT2D eigenvalue weighted by Gasteiger charge is 2.50. The molecule has 0 aliphatic heterocycles. The Morgan fingerprint density at radius 1 is 1.71 bits per heavy atom. The summed E-state index contributed by atoms with van der Waals surface area (Å²) >= 11 is 0. The minimum Gasteiger partial charge on any atom is -0.472 e. The van der Waals surface area contributed by atoms with Crippen LogP contribution in [0.2, 0.25) is 0 Å². The van der Waals surface area contributed by atoms with E-state index in [4.69, 9.17) is 4.42 Å². The van der Waals surface area contributed by atoms with Gasteiger partial charge in [0.05, 0.1) is 18.6 Å². The Morgan fingerprint density at radius 2 is 2.41 bits per heavy atom. The van der Waals surface area contributed by atoms with E-state index in [9.17, 15) is 10.1 Å². The molecule has 0 aromatic carbocycles. The molecule has 4 nitrogen and oxygen atoms in total. The number of nitrogens with zero attached hydrogens (tertiary/aromatic N) is 2. The fourth-order valence-corrected chi connectivity index (χ4v) is 2.54. The highest BCUT2D eigenvalue weighted by atomic mass is 16.3. The Morgan fingerprint density at radius 3 is 2.88 bits per heavy atom. The summed E-state index contributed by atoms with van der Waals surface area (Å²) in [7, 11) is 1.73. The molecule has 1 aliphatic carbocycles. The number of amides is 1. The fourth-order valence-electron chi connectivity index (χ4n) is 2.54.